The predicted octanol–water partition coefficient (Wildman–Crippen LogP) is 2.79. The maximum Gasteiger partial charge on any atom is 0.246 e. The van der Waals surface area contributed by atoms with Crippen molar-refractivity contribution in [3.63, 3.8) is 0 Å². The second-order valence-electron chi connectivity index (χ2n) is 4.55. The lowest BCUT2D eigenvalue weighted by atomic mass is 9.94. The first-order chi connectivity index (χ1) is 8.69. The van der Waals surface area contributed by atoms with E-state index in [1.54, 1.807) is 6.92 Å². The monoisotopic (exact) mass is 343 g/mol. The number of sulfonamides is 1. The Labute approximate surface area is 126 Å². The van der Waals surface area contributed by atoms with Crippen LogP contribution in [0.4, 0.5) is 0 Å². The molecule has 1 saturated heterocycles. The number of halogens is 3. The number of benzene rings is 1. The summed E-state index contributed by atoms with van der Waals surface area (Å²) >= 11 is 17.6. The third-order valence-corrected chi connectivity index (χ3v) is 6.09. The van der Waals surface area contributed by atoms with Crippen LogP contribution in [0.5, 0.6) is 0 Å². The van der Waals surface area contributed by atoms with E-state index in [1.807, 2.05) is 0 Å². The molecule has 0 amide bonds. The summed E-state index contributed by atoms with van der Waals surface area (Å²) in [5.74, 6) is 0. The fourth-order valence-electron chi connectivity index (χ4n) is 1.91. The van der Waals surface area contributed by atoms with Crippen LogP contribution in [0, 0.1) is 0 Å². The molecular weight excluding hydrogens is 333 g/mol. The molecule has 1 aliphatic rings. The van der Waals surface area contributed by atoms with Crippen molar-refractivity contribution in [2.45, 2.75) is 23.8 Å². The van der Waals surface area contributed by atoms with Gasteiger partial charge in [-0.2, -0.15) is 4.31 Å². The summed E-state index contributed by atoms with van der Waals surface area (Å²) in [5.41, 5.74) is -0.960. The lowest BCUT2D eigenvalue weighted by Gasteiger charge is -2.45. The molecule has 1 aliphatic heterocycles. The largest absolute Gasteiger partial charge is 0.387 e. The minimum atomic E-state index is -3.81. The van der Waals surface area contributed by atoms with Gasteiger partial charge in [0.25, 0.3) is 0 Å². The van der Waals surface area contributed by atoms with Gasteiger partial charge < -0.3 is 5.11 Å². The zero-order chi connectivity index (χ0) is 14.4. The Bertz CT molecular complexity index is 589. The summed E-state index contributed by atoms with van der Waals surface area (Å²) < 4.78 is 25.9. The number of nitrogens with zero attached hydrogens (tertiary/aromatic N) is 1. The van der Waals surface area contributed by atoms with Gasteiger partial charge in [0.2, 0.25) is 10.0 Å². The quantitative estimate of drug-likeness (QED) is 0.917. The molecule has 1 aromatic carbocycles. The van der Waals surface area contributed by atoms with E-state index in [-0.39, 0.29) is 33.1 Å². The Kier molecular flexibility index (Phi) is 4.09. The summed E-state index contributed by atoms with van der Waals surface area (Å²) in [6, 6.07) is 2.65. The molecule has 0 spiro atoms. The zero-order valence-electron chi connectivity index (χ0n) is 10.0. The van der Waals surface area contributed by atoms with E-state index in [4.69, 9.17) is 34.8 Å². The highest BCUT2D eigenvalue weighted by atomic mass is 35.5. The van der Waals surface area contributed by atoms with Gasteiger partial charge >= 0.3 is 0 Å². The molecule has 1 heterocycles. The SMILES string of the molecule is CCC1(O)CN(S(=O)(=O)c2c(Cl)cc(Cl)cc2Cl)C1. The molecule has 0 bridgehead atoms. The van der Waals surface area contributed by atoms with Gasteiger partial charge in [-0.05, 0) is 18.6 Å². The van der Waals surface area contributed by atoms with Crippen molar-refractivity contribution in [3.8, 4) is 0 Å². The number of β-amino-alcohol motifs (C(OH)–C–C–N with tert-alkyl or cyclic N) is 1. The first-order valence-corrected chi connectivity index (χ1v) is 8.14. The van der Waals surface area contributed by atoms with Crippen molar-refractivity contribution in [1.82, 2.24) is 4.31 Å². The van der Waals surface area contributed by atoms with Gasteiger partial charge in [-0.3, -0.25) is 0 Å². The average Bonchev–Trinajstić information content (AvgIpc) is 2.22. The van der Waals surface area contributed by atoms with Gasteiger partial charge in [0.1, 0.15) is 4.90 Å². The second kappa shape index (κ2) is 5.06. The smallest absolute Gasteiger partial charge is 0.246 e. The van der Waals surface area contributed by atoms with E-state index < -0.39 is 15.6 Å². The zero-order valence-corrected chi connectivity index (χ0v) is 13.1. The van der Waals surface area contributed by atoms with Crippen molar-refractivity contribution in [1.29, 1.82) is 0 Å². The molecule has 0 aliphatic carbocycles. The molecule has 0 saturated carbocycles. The first-order valence-electron chi connectivity index (χ1n) is 5.57. The fraction of sp³-hybridized carbons (Fsp3) is 0.455. The molecule has 106 valence electrons. The van der Waals surface area contributed by atoms with Crippen molar-refractivity contribution in [2.75, 3.05) is 13.1 Å². The summed E-state index contributed by atoms with van der Waals surface area (Å²) in [7, 11) is -3.81. The van der Waals surface area contributed by atoms with Crippen LogP contribution in [0.2, 0.25) is 15.1 Å². The summed E-state index contributed by atoms with van der Waals surface area (Å²) in [5, 5.41) is 10.1. The highest BCUT2D eigenvalue weighted by Crippen LogP contribution is 2.38. The van der Waals surface area contributed by atoms with E-state index in [0.29, 0.717) is 6.42 Å². The lowest BCUT2D eigenvalue weighted by molar-refractivity contribution is -0.0613. The Morgan fingerprint density at radius 2 is 1.74 bits per heavy atom. The Hall–Kier alpha value is -0.0400. The van der Waals surface area contributed by atoms with Crippen LogP contribution in [-0.4, -0.2) is 36.5 Å². The van der Waals surface area contributed by atoms with Crippen molar-refractivity contribution < 1.29 is 13.5 Å². The third kappa shape index (κ3) is 2.73. The van der Waals surface area contributed by atoms with Crippen LogP contribution < -0.4 is 0 Å². The summed E-state index contributed by atoms with van der Waals surface area (Å²) in [6.45, 7) is 1.88. The number of hydrogen-bond acceptors (Lipinski definition) is 3. The Morgan fingerprint density at radius 1 is 1.26 bits per heavy atom. The summed E-state index contributed by atoms with van der Waals surface area (Å²) in [6.07, 6.45) is 0.487. The normalized spacial score (nSPS) is 19.2. The van der Waals surface area contributed by atoms with E-state index >= 15 is 0 Å². The standard InChI is InChI=1S/C11H12Cl3NO3S/c1-2-11(16)5-15(6-11)19(17,18)10-8(13)3-7(12)4-9(10)14/h3-4,16H,2,5-6H2,1H3. The molecule has 0 aromatic heterocycles. The van der Waals surface area contributed by atoms with Crippen LogP contribution in [0.3, 0.4) is 0 Å². The number of hydrogen-bond donors (Lipinski definition) is 1. The molecular formula is C11H12Cl3NO3S. The third-order valence-electron chi connectivity index (χ3n) is 3.16. The highest BCUT2D eigenvalue weighted by molar-refractivity contribution is 7.89. The minimum absolute atomic E-state index is 0.0237. The number of aliphatic hydroxyl groups is 1. The molecule has 19 heavy (non-hydrogen) atoms. The molecule has 4 nitrogen and oxygen atoms in total. The first kappa shape index (κ1) is 15.4. The van der Waals surface area contributed by atoms with Crippen LogP contribution in [-0.2, 0) is 10.0 Å². The molecule has 1 aromatic rings. The van der Waals surface area contributed by atoms with E-state index in [2.05, 4.69) is 0 Å². The molecule has 0 unspecified atom stereocenters. The minimum Gasteiger partial charge on any atom is -0.387 e. The molecule has 2 rings (SSSR count). The molecule has 0 radical (unpaired) electrons. The topological polar surface area (TPSA) is 57.6 Å². The average molecular weight is 345 g/mol. The van der Waals surface area contributed by atoms with Crippen molar-refractivity contribution in [3.05, 3.63) is 27.2 Å². The number of rotatable bonds is 3. The van der Waals surface area contributed by atoms with Crippen LogP contribution in [0.1, 0.15) is 13.3 Å². The van der Waals surface area contributed by atoms with Crippen molar-refractivity contribution in [2.24, 2.45) is 0 Å². The van der Waals surface area contributed by atoms with Gasteiger partial charge in [-0.15, -0.1) is 0 Å². The second-order valence-corrected chi connectivity index (χ2v) is 7.68. The van der Waals surface area contributed by atoms with Gasteiger partial charge in [0, 0.05) is 18.1 Å². The maximum absolute atomic E-state index is 12.4. The van der Waals surface area contributed by atoms with E-state index in [0.717, 1.165) is 4.31 Å². The van der Waals surface area contributed by atoms with Gasteiger partial charge in [-0.25, -0.2) is 8.42 Å². The fourth-order valence-corrected chi connectivity index (χ4v) is 5.00. The van der Waals surface area contributed by atoms with Crippen LogP contribution in [0.25, 0.3) is 0 Å². The van der Waals surface area contributed by atoms with Gasteiger partial charge in [-0.1, -0.05) is 41.7 Å². The lowest BCUT2D eigenvalue weighted by Crippen LogP contribution is -2.62. The maximum atomic E-state index is 12.4. The Balaban J connectivity index is 2.38. The molecule has 1 N–H and O–H groups in total. The van der Waals surface area contributed by atoms with Crippen molar-refractivity contribution >= 4 is 44.8 Å². The molecule has 0 atom stereocenters. The molecule has 1 fully saturated rings. The summed E-state index contributed by atoms with van der Waals surface area (Å²) in [4.78, 5) is -0.168. The van der Waals surface area contributed by atoms with Crippen LogP contribution in [0.15, 0.2) is 17.0 Å². The molecule has 8 heteroatoms. The Morgan fingerprint density at radius 3 is 2.16 bits per heavy atom. The predicted molar refractivity (Wildman–Crippen MR) is 75.5 cm³/mol. The highest BCUT2D eigenvalue weighted by Gasteiger charge is 2.47. The van der Waals surface area contributed by atoms with E-state index in [9.17, 15) is 13.5 Å². The van der Waals surface area contributed by atoms with Gasteiger partial charge in [0.05, 0.1) is 15.6 Å². The van der Waals surface area contributed by atoms with E-state index in [1.165, 1.54) is 12.1 Å². The van der Waals surface area contributed by atoms with Gasteiger partial charge in [0.15, 0.2) is 0 Å². The van der Waals surface area contributed by atoms with Crippen LogP contribution >= 0.6 is 34.8 Å².